The van der Waals surface area contributed by atoms with Crippen LogP contribution in [0.25, 0.3) is 0 Å². The maximum atomic E-state index is 12.4. The second kappa shape index (κ2) is 8.46. The number of nitrogens with two attached hydrogens (primary N) is 1. The van der Waals surface area contributed by atoms with Crippen LogP contribution < -0.4 is 10.5 Å². The van der Waals surface area contributed by atoms with Crippen molar-refractivity contribution >= 4 is 17.9 Å². The topological polar surface area (TPSA) is 88.7 Å². The molecule has 0 spiro atoms. The fraction of sp³-hybridized carbons (Fsp3) is 0.500. The Morgan fingerprint density at radius 1 is 1.54 bits per heavy atom. The second-order valence-electron chi connectivity index (χ2n) is 5.98. The van der Waals surface area contributed by atoms with Crippen molar-refractivity contribution < 1.29 is 19.0 Å². The largest absolute Gasteiger partial charge is 0.481 e. The van der Waals surface area contributed by atoms with Crippen molar-refractivity contribution in [3.63, 3.8) is 0 Å². The first-order valence-corrected chi connectivity index (χ1v) is 8.47. The van der Waals surface area contributed by atoms with Gasteiger partial charge in [-0.2, -0.15) is 0 Å². The number of hydrogen-bond donors (Lipinski definition) is 2. The second-order valence-corrected chi connectivity index (χ2v) is 7.15. The lowest BCUT2D eigenvalue weighted by atomic mass is 9.81. The zero-order valence-electron chi connectivity index (χ0n) is 13.6. The fourth-order valence-corrected chi connectivity index (χ4v) is 3.13. The molecule has 0 bridgehead atoms. The van der Waals surface area contributed by atoms with E-state index in [1.54, 1.807) is 31.1 Å². The van der Waals surface area contributed by atoms with Crippen LogP contribution in [0.5, 0.6) is 5.88 Å². The lowest BCUT2D eigenvalue weighted by Gasteiger charge is -2.35. The molecule has 0 radical (unpaired) electrons. The van der Waals surface area contributed by atoms with E-state index in [9.17, 15) is 14.3 Å². The fourth-order valence-electron chi connectivity index (χ4n) is 2.24. The Morgan fingerprint density at radius 3 is 2.75 bits per heavy atom. The van der Waals surface area contributed by atoms with Crippen molar-refractivity contribution in [1.82, 2.24) is 9.29 Å². The molecule has 1 aromatic heterocycles. The van der Waals surface area contributed by atoms with E-state index in [1.165, 1.54) is 0 Å². The summed E-state index contributed by atoms with van der Waals surface area (Å²) in [7, 11) is 0. The highest BCUT2D eigenvalue weighted by atomic mass is 32.2. The summed E-state index contributed by atoms with van der Waals surface area (Å²) in [4.78, 5) is 16.4. The Labute approximate surface area is 145 Å². The van der Waals surface area contributed by atoms with Gasteiger partial charge in [-0.25, -0.2) is 13.7 Å². The number of ether oxygens (including phenoxy) is 1. The number of piperidine rings is 1. The van der Waals surface area contributed by atoms with Gasteiger partial charge in [-0.15, -0.1) is 0 Å². The Kier molecular flexibility index (Phi) is 6.59. The van der Waals surface area contributed by atoms with Gasteiger partial charge in [-0.3, -0.25) is 4.79 Å². The highest BCUT2D eigenvalue weighted by Crippen LogP contribution is 2.35. The quantitative estimate of drug-likeness (QED) is 0.726. The van der Waals surface area contributed by atoms with Crippen LogP contribution in [-0.2, 0) is 4.79 Å². The third-order valence-corrected chi connectivity index (χ3v) is 5.18. The van der Waals surface area contributed by atoms with Crippen LogP contribution in [0.3, 0.4) is 0 Å². The molecule has 0 unspecified atom stereocenters. The summed E-state index contributed by atoms with van der Waals surface area (Å²) < 4.78 is 19.9. The molecule has 3 N–H and O–H groups in total. The monoisotopic (exact) mass is 355 g/mol. The Hall–Kier alpha value is -1.64. The molecule has 132 valence electrons. The molecule has 2 heterocycles. The van der Waals surface area contributed by atoms with Crippen molar-refractivity contribution in [2.24, 2.45) is 11.1 Å². The van der Waals surface area contributed by atoms with E-state index in [0.29, 0.717) is 43.7 Å². The van der Waals surface area contributed by atoms with E-state index in [1.807, 2.05) is 6.07 Å². The van der Waals surface area contributed by atoms with E-state index in [4.69, 9.17) is 10.5 Å². The molecule has 0 aliphatic carbocycles. The van der Waals surface area contributed by atoms with Gasteiger partial charge in [0.1, 0.15) is 6.61 Å². The van der Waals surface area contributed by atoms with Gasteiger partial charge in [0, 0.05) is 42.4 Å². The van der Waals surface area contributed by atoms with E-state index in [-0.39, 0.29) is 13.2 Å². The van der Waals surface area contributed by atoms with Crippen molar-refractivity contribution in [2.45, 2.75) is 24.7 Å². The van der Waals surface area contributed by atoms with Gasteiger partial charge in [0.15, 0.2) is 0 Å². The summed E-state index contributed by atoms with van der Waals surface area (Å²) in [5.41, 5.74) is 5.10. The number of halogens is 1. The molecule has 0 aromatic carbocycles. The van der Waals surface area contributed by atoms with Gasteiger partial charge in [0.05, 0.1) is 11.7 Å². The summed E-state index contributed by atoms with van der Waals surface area (Å²) >= 11 is 1.55. The van der Waals surface area contributed by atoms with Crippen molar-refractivity contribution in [1.29, 1.82) is 0 Å². The maximum Gasteiger partial charge on any atom is 0.309 e. The van der Waals surface area contributed by atoms with Gasteiger partial charge in [0.2, 0.25) is 5.88 Å². The average molecular weight is 355 g/mol. The molecule has 1 saturated heterocycles. The minimum atomic E-state index is -0.727. The third-order valence-electron chi connectivity index (χ3n) is 4.11. The predicted molar refractivity (Wildman–Crippen MR) is 90.4 cm³/mol. The highest BCUT2D eigenvalue weighted by Gasteiger charge is 2.37. The normalized spacial score (nSPS) is 18.4. The summed E-state index contributed by atoms with van der Waals surface area (Å²) in [6.07, 6.45) is 3.39. The number of hydrogen-bond acceptors (Lipinski definition) is 6. The summed E-state index contributed by atoms with van der Waals surface area (Å²) in [6, 6.07) is 3.60. The van der Waals surface area contributed by atoms with E-state index in [2.05, 4.69) is 9.29 Å². The number of pyridine rings is 1. The first kappa shape index (κ1) is 18.7. The number of nitrogens with zero attached hydrogens (tertiary/aromatic N) is 2. The Bertz CT molecular complexity index is 587. The molecular formula is C16H22FN3O3S. The Balaban J connectivity index is 1.83. The van der Waals surface area contributed by atoms with Gasteiger partial charge in [-0.1, -0.05) is 0 Å². The third kappa shape index (κ3) is 4.93. The minimum Gasteiger partial charge on any atom is -0.481 e. The molecule has 24 heavy (non-hydrogen) atoms. The van der Waals surface area contributed by atoms with E-state index < -0.39 is 11.4 Å². The number of carboxylic acids is 1. The highest BCUT2D eigenvalue weighted by molar-refractivity contribution is 7.97. The zero-order chi connectivity index (χ0) is 17.6. The van der Waals surface area contributed by atoms with Crippen LogP contribution in [0.4, 0.5) is 4.39 Å². The van der Waals surface area contributed by atoms with Crippen molar-refractivity contribution in [3.8, 4) is 5.88 Å². The lowest BCUT2D eigenvalue weighted by molar-refractivity contribution is -0.150. The van der Waals surface area contributed by atoms with Crippen LogP contribution in [0.1, 0.15) is 19.8 Å². The standard InChI is InChI=1S/C16H22FN3O3S/c1-16(15(21)22)4-6-20(7-5-16)24-13-2-3-14(19-10-13)23-11-12(8-17)9-18/h2-3,8,10H,4-7,9,11,18H2,1H3,(H,21,22)/b12-8+. The van der Waals surface area contributed by atoms with Crippen LogP contribution in [0.15, 0.2) is 35.1 Å². The molecule has 0 saturated carbocycles. The van der Waals surface area contributed by atoms with Crippen molar-refractivity contribution in [2.75, 3.05) is 26.2 Å². The lowest BCUT2D eigenvalue weighted by Crippen LogP contribution is -2.39. The van der Waals surface area contributed by atoms with Gasteiger partial charge >= 0.3 is 5.97 Å². The summed E-state index contributed by atoms with van der Waals surface area (Å²) in [5, 5.41) is 9.24. The molecule has 1 aromatic rings. The number of rotatable bonds is 7. The number of carboxylic acid groups (broad SMARTS) is 1. The molecule has 1 fully saturated rings. The van der Waals surface area contributed by atoms with Crippen LogP contribution in [0.2, 0.25) is 0 Å². The minimum absolute atomic E-state index is 0.0758. The van der Waals surface area contributed by atoms with Crippen LogP contribution in [0, 0.1) is 5.41 Å². The molecule has 0 amide bonds. The summed E-state index contributed by atoms with van der Waals surface area (Å²) in [6.45, 7) is 3.41. The molecule has 0 atom stereocenters. The number of aliphatic carboxylic acids is 1. The Morgan fingerprint density at radius 2 is 2.25 bits per heavy atom. The van der Waals surface area contributed by atoms with Crippen LogP contribution in [-0.4, -0.2) is 46.6 Å². The average Bonchev–Trinajstić information content (AvgIpc) is 2.59. The van der Waals surface area contributed by atoms with Gasteiger partial charge in [-0.05, 0) is 37.8 Å². The zero-order valence-corrected chi connectivity index (χ0v) is 14.4. The molecule has 2 rings (SSSR count). The molecule has 1 aliphatic rings. The first-order valence-electron chi connectivity index (χ1n) is 7.70. The van der Waals surface area contributed by atoms with E-state index in [0.717, 1.165) is 4.90 Å². The molecular weight excluding hydrogens is 333 g/mol. The smallest absolute Gasteiger partial charge is 0.309 e. The summed E-state index contributed by atoms with van der Waals surface area (Å²) in [5.74, 6) is -0.321. The molecule has 8 heteroatoms. The van der Waals surface area contributed by atoms with Crippen LogP contribution >= 0.6 is 11.9 Å². The SMILES string of the molecule is CC1(C(=O)O)CCN(Sc2ccc(OC/C(=C/F)CN)nc2)CC1. The predicted octanol–water partition coefficient (Wildman–Crippen LogP) is 2.47. The number of carbonyl (C=O) groups is 1. The first-order chi connectivity index (χ1) is 11.5. The van der Waals surface area contributed by atoms with Gasteiger partial charge in [0.25, 0.3) is 0 Å². The molecule has 1 aliphatic heterocycles. The van der Waals surface area contributed by atoms with Crippen molar-refractivity contribution in [3.05, 3.63) is 30.2 Å². The van der Waals surface area contributed by atoms with E-state index >= 15 is 0 Å². The number of aromatic nitrogens is 1. The molecule has 6 nitrogen and oxygen atoms in total. The van der Waals surface area contributed by atoms with Gasteiger partial charge < -0.3 is 15.6 Å². The maximum absolute atomic E-state index is 12.4.